The Morgan fingerprint density at radius 2 is 1.62 bits per heavy atom. The monoisotopic (exact) mass is 363 g/mol. The Labute approximate surface area is 140 Å². The third kappa shape index (κ3) is 3.16. The molecule has 21 heavy (non-hydrogen) atoms. The van der Waals surface area contributed by atoms with E-state index in [4.69, 9.17) is 0 Å². The number of aryl methyl sites for hydroxylation is 1. The first-order valence-electron chi connectivity index (χ1n) is 6.29. The second-order valence-corrected chi connectivity index (χ2v) is 4.92. The molecule has 3 rings (SSSR count). The number of fused-ring (bicyclic) bond motifs is 1. The predicted molar refractivity (Wildman–Crippen MR) is 74.7 cm³/mol. The fourth-order valence-electron chi connectivity index (χ4n) is 2.48. The number of alkyl halides is 3. The molecule has 0 N–H and O–H groups in total. The van der Waals surface area contributed by atoms with Gasteiger partial charge in [0.25, 0.3) is 0 Å². The minimum Gasteiger partial charge on any atom is -0.166 e. The zero-order valence-electron chi connectivity index (χ0n) is 11.3. The van der Waals surface area contributed by atoms with Crippen molar-refractivity contribution in [2.45, 2.75) is 13.1 Å². The maximum Gasteiger partial charge on any atom is 0.416 e. The van der Waals surface area contributed by atoms with Gasteiger partial charge in [0.05, 0.1) is 5.56 Å². The van der Waals surface area contributed by atoms with Gasteiger partial charge in [0.15, 0.2) is 0 Å². The molecule has 0 aliphatic rings. The number of halogens is 3. The van der Waals surface area contributed by atoms with E-state index >= 15 is 0 Å². The van der Waals surface area contributed by atoms with Crippen LogP contribution in [-0.2, 0) is 32.4 Å². The van der Waals surface area contributed by atoms with Gasteiger partial charge in [-0.25, -0.2) is 0 Å². The summed E-state index contributed by atoms with van der Waals surface area (Å²) in [7, 11) is 0. The van der Waals surface area contributed by atoms with E-state index in [-0.39, 0.29) is 26.2 Å². The van der Waals surface area contributed by atoms with Crippen LogP contribution in [0.2, 0.25) is 0 Å². The molecule has 0 atom stereocenters. The first-order chi connectivity index (χ1) is 9.45. The van der Waals surface area contributed by atoms with Gasteiger partial charge in [-0.2, -0.15) is 19.2 Å². The number of hydrogen-bond donors (Lipinski definition) is 0. The summed E-state index contributed by atoms with van der Waals surface area (Å²) in [5.74, 6) is 0. The molecule has 0 aliphatic heterocycles. The zero-order valence-corrected chi connectivity index (χ0v) is 13.8. The largest absolute Gasteiger partial charge is 0.416 e. The minimum absolute atomic E-state index is 0. The summed E-state index contributed by atoms with van der Waals surface area (Å²) < 4.78 is 37.7. The minimum atomic E-state index is -4.29. The van der Waals surface area contributed by atoms with Crippen LogP contribution in [0.25, 0.3) is 21.9 Å². The average molecular weight is 365 g/mol. The summed E-state index contributed by atoms with van der Waals surface area (Å²) in [4.78, 5) is 0. The Balaban J connectivity index is 0.00000161. The molecule has 0 fully saturated rings. The van der Waals surface area contributed by atoms with Crippen LogP contribution in [0.15, 0.2) is 54.6 Å². The normalized spacial score (nSPS) is 11.4. The number of benzene rings is 2. The Kier molecular flexibility index (Phi) is 4.48. The summed E-state index contributed by atoms with van der Waals surface area (Å²) in [5.41, 5.74) is 2.30. The summed E-state index contributed by atoms with van der Waals surface area (Å²) in [6, 6.07) is 15.3. The van der Waals surface area contributed by atoms with Gasteiger partial charge in [0, 0.05) is 26.2 Å². The van der Waals surface area contributed by atoms with Gasteiger partial charge in [0.2, 0.25) is 0 Å². The molecular formula is C17H12F3Zr-. The van der Waals surface area contributed by atoms with Gasteiger partial charge in [-0.05, 0) is 17.7 Å². The van der Waals surface area contributed by atoms with Gasteiger partial charge in [0.1, 0.15) is 0 Å². The van der Waals surface area contributed by atoms with Gasteiger partial charge in [-0.15, -0.1) is 34.5 Å². The fourth-order valence-corrected chi connectivity index (χ4v) is 2.48. The van der Waals surface area contributed by atoms with Crippen LogP contribution < -0.4 is 0 Å². The second-order valence-electron chi connectivity index (χ2n) is 4.92. The Bertz CT molecular complexity index is 752. The molecule has 0 heterocycles. The zero-order chi connectivity index (χ0) is 14.3. The SMILES string of the molecule is Cc1cc2c(-c3ccc(C(F)(F)F)cc3)cccc2[cH-]1.[Zr]. The van der Waals surface area contributed by atoms with Crippen molar-refractivity contribution in [3.63, 3.8) is 0 Å². The molecule has 106 valence electrons. The summed E-state index contributed by atoms with van der Waals surface area (Å²) >= 11 is 0. The fraction of sp³-hybridized carbons (Fsp3) is 0.118. The van der Waals surface area contributed by atoms with Crippen LogP contribution >= 0.6 is 0 Å². The average Bonchev–Trinajstić information content (AvgIpc) is 2.78. The van der Waals surface area contributed by atoms with E-state index in [0.29, 0.717) is 0 Å². The molecule has 3 aromatic carbocycles. The standard InChI is InChI=1S/C17H12F3.Zr/c1-11-9-13-3-2-4-15(16(13)10-11)12-5-7-14(8-6-12)17(18,19)20;/h2-10H,1H3;/q-1;. The molecule has 0 unspecified atom stereocenters. The van der Waals surface area contributed by atoms with Crippen molar-refractivity contribution in [1.29, 1.82) is 0 Å². The maximum absolute atomic E-state index is 12.6. The molecule has 3 aromatic rings. The van der Waals surface area contributed by atoms with Crippen molar-refractivity contribution in [3.05, 3.63) is 65.7 Å². The van der Waals surface area contributed by atoms with Crippen LogP contribution in [0.1, 0.15) is 11.1 Å². The van der Waals surface area contributed by atoms with Crippen molar-refractivity contribution in [1.82, 2.24) is 0 Å². The van der Waals surface area contributed by atoms with E-state index in [0.717, 1.165) is 39.6 Å². The molecule has 0 saturated carbocycles. The molecule has 0 aliphatic carbocycles. The van der Waals surface area contributed by atoms with Crippen LogP contribution in [0.3, 0.4) is 0 Å². The van der Waals surface area contributed by atoms with Gasteiger partial charge >= 0.3 is 6.18 Å². The third-order valence-corrected chi connectivity index (χ3v) is 3.42. The maximum atomic E-state index is 12.6. The van der Waals surface area contributed by atoms with Crippen molar-refractivity contribution in [3.8, 4) is 11.1 Å². The summed E-state index contributed by atoms with van der Waals surface area (Å²) in [6.07, 6.45) is -4.29. The van der Waals surface area contributed by atoms with E-state index in [2.05, 4.69) is 12.1 Å². The first-order valence-corrected chi connectivity index (χ1v) is 6.29. The molecular weight excluding hydrogens is 352 g/mol. The van der Waals surface area contributed by atoms with Crippen LogP contribution in [0, 0.1) is 6.92 Å². The number of hydrogen-bond acceptors (Lipinski definition) is 0. The smallest absolute Gasteiger partial charge is 0.166 e. The molecule has 0 aromatic heterocycles. The Morgan fingerprint density at radius 3 is 2.24 bits per heavy atom. The first kappa shape index (κ1) is 16.1. The van der Waals surface area contributed by atoms with Crippen LogP contribution in [-0.4, -0.2) is 0 Å². The molecule has 4 heteroatoms. The predicted octanol–water partition coefficient (Wildman–Crippen LogP) is 5.55. The van der Waals surface area contributed by atoms with Gasteiger partial charge < -0.3 is 0 Å². The molecule has 0 bridgehead atoms. The van der Waals surface area contributed by atoms with Gasteiger partial charge in [-0.3, -0.25) is 0 Å². The quantitative estimate of drug-likeness (QED) is 0.497. The van der Waals surface area contributed by atoms with E-state index in [1.165, 1.54) is 12.1 Å². The van der Waals surface area contributed by atoms with Crippen molar-refractivity contribution < 1.29 is 39.4 Å². The third-order valence-electron chi connectivity index (χ3n) is 3.42. The number of rotatable bonds is 1. The Hall–Kier alpha value is -1.28. The Morgan fingerprint density at radius 1 is 0.952 bits per heavy atom. The van der Waals surface area contributed by atoms with Crippen molar-refractivity contribution in [2.75, 3.05) is 0 Å². The van der Waals surface area contributed by atoms with Crippen LogP contribution in [0.4, 0.5) is 13.2 Å². The van der Waals surface area contributed by atoms with Gasteiger partial charge in [-0.1, -0.05) is 30.7 Å². The molecule has 0 spiro atoms. The van der Waals surface area contributed by atoms with Crippen molar-refractivity contribution in [2.24, 2.45) is 0 Å². The molecule has 0 amide bonds. The molecule has 0 radical (unpaired) electrons. The summed E-state index contributed by atoms with van der Waals surface area (Å²) in [6.45, 7) is 2.01. The molecule has 0 saturated heterocycles. The van der Waals surface area contributed by atoms with E-state index in [1.54, 1.807) is 0 Å². The van der Waals surface area contributed by atoms with Crippen molar-refractivity contribution >= 4 is 10.8 Å². The summed E-state index contributed by atoms with van der Waals surface area (Å²) in [5, 5.41) is 2.18. The van der Waals surface area contributed by atoms with E-state index < -0.39 is 11.7 Å². The van der Waals surface area contributed by atoms with E-state index in [1.807, 2.05) is 25.1 Å². The molecule has 0 nitrogen and oxygen atoms in total. The second kappa shape index (κ2) is 5.84. The topological polar surface area (TPSA) is 0 Å². The van der Waals surface area contributed by atoms with Crippen LogP contribution in [0.5, 0.6) is 0 Å². The van der Waals surface area contributed by atoms with E-state index in [9.17, 15) is 13.2 Å².